The van der Waals surface area contributed by atoms with Gasteiger partial charge < -0.3 is 15.4 Å². The number of alkyl halides is 3. The number of fused-ring (bicyclic) bond motifs is 1. The summed E-state index contributed by atoms with van der Waals surface area (Å²) in [5.74, 6) is -0.982. The van der Waals surface area contributed by atoms with Crippen molar-refractivity contribution in [2.75, 3.05) is 32.3 Å². The molecule has 200 valence electrons. The molecule has 1 atom stereocenters. The van der Waals surface area contributed by atoms with E-state index >= 15 is 0 Å². The Hall–Kier alpha value is -2.95. The molecular formula is C26H26Cl3N5O3S. The van der Waals surface area contributed by atoms with Crippen LogP contribution in [0, 0.1) is 0 Å². The van der Waals surface area contributed by atoms with Crippen LogP contribution in [0.3, 0.4) is 0 Å². The van der Waals surface area contributed by atoms with E-state index in [1.54, 1.807) is 37.3 Å². The van der Waals surface area contributed by atoms with Crippen molar-refractivity contribution in [1.29, 1.82) is 0 Å². The van der Waals surface area contributed by atoms with E-state index in [0.717, 1.165) is 10.9 Å². The Labute approximate surface area is 241 Å². The molecular weight excluding hydrogens is 569 g/mol. The first-order chi connectivity index (χ1) is 18.0. The summed E-state index contributed by atoms with van der Waals surface area (Å²) in [6.07, 6.45) is 3.36. The number of rotatable bonds is 9. The Bertz CT molecular complexity index is 1300. The maximum absolute atomic E-state index is 12.6. The highest BCUT2D eigenvalue weighted by Gasteiger charge is 2.35. The average molecular weight is 595 g/mol. The molecule has 1 aromatic heterocycles. The number of ether oxygens (including phenoxy) is 1. The van der Waals surface area contributed by atoms with Gasteiger partial charge in [-0.15, -0.1) is 0 Å². The lowest BCUT2D eigenvalue weighted by Crippen LogP contribution is -2.58. The number of esters is 1. The van der Waals surface area contributed by atoms with Gasteiger partial charge in [0.25, 0.3) is 0 Å². The van der Waals surface area contributed by atoms with E-state index in [1.165, 1.54) is 11.0 Å². The van der Waals surface area contributed by atoms with Gasteiger partial charge in [-0.3, -0.25) is 24.4 Å². The lowest BCUT2D eigenvalue weighted by atomic mass is 10.2. The van der Waals surface area contributed by atoms with Crippen molar-refractivity contribution in [1.82, 2.24) is 20.5 Å². The molecule has 0 aliphatic heterocycles. The molecule has 12 heteroatoms. The van der Waals surface area contributed by atoms with Crippen molar-refractivity contribution in [3.63, 3.8) is 0 Å². The molecule has 0 bridgehead atoms. The number of carbonyl (C=O) groups excluding carboxylic acids is 2. The third-order valence-corrected chi connectivity index (χ3v) is 6.05. The molecule has 0 saturated carbocycles. The van der Waals surface area contributed by atoms with Crippen LogP contribution in [0.5, 0.6) is 0 Å². The number of benzene rings is 2. The molecule has 3 rings (SSSR count). The van der Waals surface area contributed by atoms with Crippen molar-refractivity contribution in [3.8, 4) is 0 Å². The first-order valence-electron chi connectivity index (χ1n) is 11.4. The summed E-state index contributed by atoms with van der Waals surface area (Å²) < 4.78 is 3.49. The van der Waals surface area contributed by atoms with Gasteiger partial charge in [-0.1, -0.05) is 83.3 Å². The van der Waals surface area contributed by atoms with Crippen LogP contribution in [-0.2, 0) is 14.3 Å². The van der Waals surface area contributed by atoms with Gasteiger partial charge in [-0.05, 0) is 50.1 Å². The van der Waals surface area contributed by atoms with Crippen molar-refractivity contribution in [2.45, 2.75) is 9.96 Å². The minimum absolute atomic E-state index is 0.0319. The SMILES string of the molecule is CN(C)CC(=O)OCN(C(=S)NC(NC(=O)/C=C/c1ccccc1)C(Cl)(Cl)Cl)c1cccc2cccnc12. The zero-order chi connectivity index (χ0) is 27.7. The van der Waals surface area contributed by atoms with Crippen LogP contribution in [0.25, 0.3) is 17.0 Å². The number of para-hydroxylation sites is 1. The van der Waals surface area contributed by atoms with Crippen molar-refractivity contribution in [2.24, 2.45) is 0 Å². The van der Waals surface area contributed by atoms with E-state index in [1.807, 2.05) is 54.6 Å². The topological polar surface area (TPSA) is 86.8 Å². The van der Waals surface area contributed by atoms with Gasteiger partial charge in [0, 0.05) is 17.7 Å². The predicted molar refractivity (Wildman–Crippen MR) is 157 cm³/mol. The molecule has 38 heavy (non-hydrogen) atoms. The first-order valence-corrected chi connectivity index (χ1v) is 12.9. The summed E-state index contributed by atoms with van der Waals surface area (Å²) in [6, 6.07) is 18.4. The van der Waals surface area contributed by atoms with E-state index < -0.39 is 21.8 Å². The standard InChI is InChI=1S/C26H26Cl3N5O3S/c1-33(2)16-22(36)37-17-34(20-12-6-10-19-11-7-15-30-23(19)20)25(38)32-24(26(27,28)29)31-21(35)14-13-18-8-4-3-5-9-18/h3-15,24H,16-17H2,1-2H3,(H,31,35)(H,32,38)/b14-13+. The molecule has 0 aliphatic carbocycles. The maximum atomic E-state index is 12.6. The molecule has 0 fully saturated rings. The highest BCUT2D eigenvalue weighted by atomic mass is 35.6. The lowest BCUT2D eigenvalue weighted by molar-refractivity contribution is -0.144. The third-order valence-electron chi connectivity index (χ3n) is 5.06. The van der Waals surface area contributed by atoms with Crippen molar-refractivity contribution in [3.05, 3.63) is 78.5 Å². The summed E-state index contributed by atoms with van der Waals surface area (Å²) >= 11 is 24.2. The number of likely N-dealkylation sites (N-methyl/N-ethyl adjacent to an activating group) is 1. The quantitative estimate of drug-likeness (QED) is 0.123. The number of thiocarbonyl (C=S) groups is 1. The number of nitrogens with zero attached hydrogens (tertiary/aromatic N) is 3. The molecule has 8 nitrogen and oxygen atoms in total. The Morgan fingerprint density at radius 1 is 1.05 bits per heavy atom. The van der Waals surface area contributed by atoms with Crippen molar-refractivity contribution < 1.29 is 14.3 Å². The van der Waals surface area contributed by atoms with Crippen LogP contribution < -0.4 is 15.5 Å². The van der Waals surface area contributed by atoms with Crippen LogP contribution in [0.1, 0.15) is 5.56 Å². The van der Waals surface area contributed by atoms with Gasteiger partial charge in [-0.25, -0.2) is 0 Å². The lowest BCUT2D eigenvalue weighted by Gasteiger charge is -2.32. The Kier molecular flexibility index (Phi) is 10.7. The largest absolute Gasteiger partial charge is 0.443 e. The molecule has 0 aliphatic rings. The number of carbonyl (C=O) groups is 2. The fourth-order valence-electron chi connectivity index (χ4n) is 3.31. The smallest absolute Gasteiger partial charge is 0.321 e. The molecule has 1 unspecified atom stereocenters. The fourth-order valence-corrected chi connectivity index (χ4v) is 3.91. The summed E-state index contributed by atoms with van der Waals surface area (Å²) in [7, 11) is 3.50. The number of aromatic nitrogens is 1. The minimum atomic E-state index is -1.98. The number of halogens is 3. The second-order valence-corrected chi connectivity index (χ2v) is 11.1. The number of pyridine rings is 1. The second kappa shape index (κ2) is 13.7. The van der Waals surface area contributed by atoms with E-state index in [-0.39, 0.29) is 18.4 Å². The average Bonchev–Trinajstić information content (AvgIpc) is 2.87. The molecule has 2 N–H and O–H groups in total. The number of nitrogens with one attached hydrogen (secondary N) is 2. The van der Waals surface area contributed by atoms with Crippen LogP contribution in [0.15, 0.2) is 72.9 Å². The second-order valence-electron chi connectivity index (χ2n) is 8.34. The molecule has 1 amide bonds. The zero-order valence-corrected chi connectivity index (χ0v) is 23.7. The van der Waals surface area contributed by atoms with Gasteiger partial charge in [0.15, 0.2) is 11.8 Å². The minimum Gasteiger partial charge on any atom is -0.443 e. The van der Waals surface area contributed by atoms with Gasteiger partial charge in [-0.2, -0.15) is 0 Å². The summed E-state index contributed by atoms with van der Waals surface area (Å²) in [5, 5.41) is 6.37. The van der Waals surface area contributed by atoms with Crippen molar-refractivity contribution >= 4 is 86.7 Å². The predicted octanol–water partition coefficient (Wildman–Crippen LogP) is 4.50. The van der Waals surface area contributed by atoms with E-state index in [2.05, 4.69) is 15.6 Å². The summed E-state index contributed by atoms with van der Waals surface area (Å²) in [6.45, 7) is -0.176. The zero-order valence-electron chi connectivity index (χ0n) is 20.6. The number of anilines is 1. The highest BCUT2D eigenvalue weighted by Crippen LogP contribution is 2.30. The van der Waals surface area contributed by atoms with Crippen LogP contribution in [0.4, 0.5) is 5.69 Å². The van der Waals surface area contributed by atoms with E-state index in [4.69, 9.17) is 51.8 Å². The molecule has 2 aromatic carbocycles. The van der Waals surface area contributed by atoms with Gasteiger partial charge in [0.2, 0.25) is 9.70 Å². The third kappa shape index (κ3) is 8.82. The number of hydrogen-bond donors (Lipinski definition) is 2. The Balaban J connectivity index is 1.84. The van der Waals surface area contributed by atoms with E-state index in [9.17, 15) is 9.59 Å². The van der Waals surface area contributed by atoms with Gasteiger partial charge in [0.1, 0.15) is 6.17 Å². The molecule has 0 spiro atoms. The van der Waals surface area contributed by atoms with Crippen LogP contribution in [0.2, 0.25) is 0 Å². The molecule has 0 radical (unpaired) electrons. The van der Waals surface area contributed by atoms with Gasteiger partial charge >= 0.3 is 5.97 Å². The number of amides is 1. The first kappa shape index (κ1) is 29.6. The fraction of sp³-hybridized carbons (Fsp3) is 0.231. The monoisotopic (exact) mass is 593 g/mol. The summed E-state index contributed by atoms with van der Waals surface area (Å²) in [5.41, 5.74) is 1.99. The molecule has 1 heterocycles. The molecule has 3 aromatic rings. The Morgan fingerprint density at radius 2 is 1.76 bits per heavy atom. The number of hydrogen-bond acceptors (Lipinski definition) is 6. The van der Waals surface area contributed by atoms with E-state index in [0.29, 0.717) is 11.2 Å². The van der Waals surface area contributed by atoms with Gasteiger partial charge in [0.05, 0.1) is 17.7 Å². The molecule has 0 saturated heterocycles. The summed E-state index contributed by atoms with van der Waals surface area (Å²) in [4.78, 5) is 32.6. The normalized spacial score (nSPS) is 12.4. The highest BCUT2D eigenvalue weighted by molar-refractivity contribution is 7.80. The maximum Gasteiger partial charge on any atom is 0.321 e. The Morgan fingerprint density at radius 3 is 2.45 bits per heavy atom. The van der Waals surface area contributed by atoms with Crippen LogP contribution >= 0.6 is 47.0 Å². The van der Waals surface area contributed by atoms with Crippen LogP contribution in [-0.4, -0.2) is 64.2 Å².